The molecule has 0 bridgehead atoms. The molecule has 1 fully saturated rings. The van der Waals surface area contributed by atoms with Crippen LogP contribution in [-0.2, 0) is 4.74 Å². The summed E-state index contributed by atoms with van der Waals surface area (Å²) in [6, 6.07) is 3.55. The van der Waals surface area contributed by atoms with Gasteiger partial charge in [-0.1, -0.05) is 12.2 Å². The summed E-state index contributed by atoms with van der Waals surface area (Å²) in [6.45, 7) is 1.80. The predicted octanol–water partition coefficient (Wildman–Crippen LogP) is -0.0867. The van der Waals surface area contributed by atoms with Crippen molar-refractivity contribution < 1.29 is 9.84 Å². The topological polar surface area (TPSA) is 71.6 Å². The van der Waals surface area contributed by atoms with Crippen molar-refractivity contribution in [2.45, 2.75) is 6.04 Å². The molecule has 1 atom stereocenters. The largest absolute Gasteiger partial charge is 0.394 e. The lowest BCUT2D eigenvalue weighted by atomic mass is 10.2. The van der Waals surface area contributed by atoms with Crippen LogP contribution in [0.4, 0.5) is 5.82 Å². The predicted molar refractivity (Wildman–Crippen MR) is 69.2 cm³/mol. The zero-order chi connectivity index (χ0) is 12.3. The summed E-state index contributed by atoms with van der Waals surface area (Å²) < 4.78 is 5.33. The fourth-order valence-corrected chi connectivity index (χ4v) is 2.06. The van der Waals surface area contributed by atoms with Gasteiger partial charge in [-0.3, -0.25) is 0 Å². The molecule has 1 aliphatic heterocycles. The minimum absolute atomic E-state index is 0.0212. The molecule has 1 unspecified atom stereocenters. The maximum absolute atomic E-state index is 9.34. The van der Waals surface area contributed by atoms with Crippen molar-refractivity contribution in [3.8, 4) is 0 Å². The van der Waals surface area contributed by atoms with Crippen LogP contribution in [0, 0.1) is 0 Å². The average Bonchev–Trinajstić information content (AvgIpc) is 2.38. The summed E-state index contributed by atoms with van der Waals surface area (Å²) in [6.07, 6.45) is 1.70. The summed E-state index contributed by atoms with van der Waals surface area (Å²) in [5, 5.41) is 9.34. The van der Waals surface area contributed by atoms with Crippen molar-refractivity contribution in [1.82, 2.24) is 4.98 Å². The number of thiocarbonyl (C=S) groups is 1. The van der Waals surface area contributed by atoms with E-state index in [0.29, 0.717) is 24.7 Å². The minimum atomic E-state index is -0.0910. The highest BCUT2D eigenvalue weighted by molar-refractivity contribution is 7.80. The van der Waals surface area contributed by atoms with Gasteiger partial charge in [-0.15, -0.1) is 0 Å². The standard InChI is InChI=1S/C11H15N3O2S/c12-10(17)9-2-1-3-13-11(9)14-4-5-16-7-8(14)6-15/h1-3,8,15H,4-7H2,(H2,12,17). The number of hydrogen-bond acceptors (Lipinski definition) is 5. The van der Waals surface area contributed by atoms with Crippen molar-refractivity contribution >= 4 is 23.0 Å². The molecular weight excluding hydrogens is 238 g/mol. The van der Waals surface area contributed by atoms with Crippen LogP contribution in [0.2, 0.25) is 0 Å². The summed E-state index contributed by atoms with van der Waals surface area (Å²) in [4.78, 5) is 6.63. The maximum atomic E-state index is 9.34. The van der Waals surface area contributed by atoms with Crippen LogP contribution >= 0.6 is 12.2 Å². The van der Waals surface area contributed by atoms with Gasteiger partial charge in [0.1, 0.15) is 10.8 Å². The van der Waals surface area contributed by atoms with Gasteiger partial charge in [0.15, 0.2) is 0 Å². The highest BCUT2D eigenvalue weighted by atomic mass is 32.1. The molecule has 1 aliphatic rings. The fraction of sp³-hybridized carbons (Fsp3) is 0.455. The number of aliphatic hydroxyl groups is 1. The van der Waals surface area contributed by atoms with E-state index in [2.05, 4.69) is 4.98 Å². The molecule has 6 heteroatoms. The Morgan fingerprint density at radius 1 is 1.71 bits per heavy atom. The first-order chi connectivity index (χ1) is 8.24. The molecule has 17 heavy (non-hydrogen) atoms. The number of ether oxygens (including phenoxy) is 1. The monoisotopic (exact) mass is 253 g/mol. The van der Waals surface area contributed by atoms with Gasteiger partial charge in [-0.2, -0.15) is 0 Å². The van der Waals surface area contributed by atoms with Gasteiger partial charge in [-0.25, -0.2) is 4.98 Å². The molecule has 0 aromatic carbocycles. The molecule has 1 aromatic heterocycles. The smallest absolute Gasteiger partial charge is 0.139 e. The SMILES string of the molecule is NC(=S)c1cccnc1N1CCOCC1CO. The number of pyridine rings is 1. The first-order valence-electron chi connectivity index (χ1n) is 5.44. The van der Waals surface area contributed by atoms with E-state index >= 15 is 0 Å². The van der Waals surface area contributed by atoms with Crippen LogP contribution in [0.25, 0.3) is 0 Å². The van der Waals surface area contributed by atoms with Crippen LogP contribution in [0.1, 0.15) is 5.56 Å². The number of rotatable bonds is 3. The molecule has 92 valence electrons. The maximum Gasteiger partial charge on any atom is 0.139 e. The van der Waals surface area contributed by atoms with Gasteiger partial charge in [0.25, 0.3) is 0 Å². The second-order valence-corrected chi connectivity index (χ2v) is 4.28. The van der Waals surface area contributed by atoms with Crippen LogP contribution < -0.4 is 10.6 Å². The van der Waals surface area contributed by atoms with Crippen molar-refractivity contribution in [2.75, 3.05) is 31.3 Å². The molecule has 3 N–H and O–H groups in total. The van der Waals surface area contributed by atoms with Crippen molar-refractivity contribution in [2.24, 2.45) is 5.73 Å². The van der Waals surface area contributed by atoms with E-state index in [4.69, 9.17) is 22.7 Å². The van der Waals surface area contributed by atoms with Crippen LogP contribution in [0.3, 0.4) is 0 Å². The van der Waals surface area contributed by atoms with Gasteiger partial charge in [-0.05, 0) is 12.1 Å². The Hall–Kier alpha value is -1.24. The van der Waals surface area contributed by atoms with E-state index < -0.39 is 0 Å². The van der Waals surface area contributed by atoms with Gasteiger partial charge < -0.3 is 20.5 Å². The number of aliphatic hydroxyl groups excluding tert-OH is 1. The molecule has 2 heterocycles. The van der Waals surface area contributed by atoms with Crippen molar-refractivity contribution in [1.29, 1.82) is 0 Å². The number of nitrogens with two attached hydrogens (primary N) is 1. The quantitative estimate of drug-likeness (QED) is 0.734. The molecule has 0 amide bonds. The van der Waals surface area contributed by atoms with E-state index in [0.717, 1.165) is 11.4 Å². The Kier molecular flexibility index (Phi) is 3.88. The number of morpholine rings is 1. The molecule has 2 rings (SSSR count). The Labute approximate surface area is 105 Å². The molecule has 1 aromatic rings. The third-order valence-corrected chi connectivity index (χ3v) is 2.98. The third-order valence-electron chi connectivity index (χ3n) is 2.76. The highest BCUT2D eigenvalue weighted by Crippen LogP contribution is 2.21. The molecule has 0 aliphatic carbocycles. The average molecular weight is 253 g/mol. The first-order valence-corrected chi connectivity index (χ1v) is 5.85. The van der Waals surface area contributed by atoms with Gasteiger partial charge in [0.05, 0.1) is 31.4 Å². The molecular formula is C11H15N3O2S. The van der Waals surface area contributed by atoms with E-state index in [1.807, 2.05) is 11.0 Å². The van der Waals surface area contributed by atoms with E-state index in [-0.39, 0.29) is 12.6 Å². The molecule has 1 saturated heterocycles. The van der Waals surface area contributed by atoms with E-state index in [1.165, 1.54) is 0 Å². The van der Waals surface area contributed by atoms with E-state index in [9.17, 15) is 5.11 Å². The number of aromatic nitrogens is 1. The van der Waals surface area contributed by atoms with Crippen LogP contribution in [0.15, 0.2) is 18.3 Å². The Morgan fingerprint density at radius 2 is 2.53 bits per heavy atom. The highest BCUT2D eigenvalue weighted by Gasteiger charge is 2.25. The summed E-state index contributed by atoms with van der Waals surface area (Å²) in [7, 11) is 0. The number of hydrogen-bond donors (Lipinski definition) is 2. The van der Waals surface area contributed by atoms with E-state index in [1.54, 1.807) is 12.3 Å². The van der Waals surface area contributed by atoms with Crippen molar-refractivity contribution in [3.63, 3.8) is 0 Å². The Morgan fingerprint density at radius 3 is 3.24 bits per heavy atom. The molecule has 5 nitrogen and oxygen atoms in total. The van der Waals surface area contributed by atoms with Crippen LogP contribution in [-0.4, -0.2) is 47.5 Å². The summed E-state index contributed by atoms with van der Waals surface area (Å²) in [5.41, 5.74) is 6.42. The third kappa shape index (κ3) is 2.54. The lowest BCUT2D eigenvalue weighted by molar-refractivity contribution is 0.0723. The lowest BCUT2D eigenvalue weighted by Gasteiger charge is -2.36. The van der Waals surface area contributed by atoms with Crippen molar-refractivity contribution in [3.05, 3.63) is 23.9 Å². The second-order valence-electron chi connectivity index (χ2n) is 3.84. The lowest BCUT2D eigenvalue weighted by Crippen LogP contribution is -2.48. The van der Waals surface area contributed by atoms with Crippen LogP contribution in [0.5, 0.6) is 0 Å². The normalized spacial score (nSPS) is 20.3. The number of nitrogens with zero attached hydrogens (tertiary/aromatic N) is 2. The first kappa shape index (κ1) is 12.2. The Bertz CT molecular complexity index is 413. The second kappa shape index (κ2) is 5.39. The minimum Gasteiger partial charge on any atom is -0.394 e. The Balaban J connectivity index is 2.34. The molecule has 0 radical (unpaired) electrons. The zero-order valence-corrected chi connectivity index (χ0v) is 10.2. The van der Waals surface area contributed by atoms with Gasteiger partial charge in [0, 0.05) is 12.7 Å². The molecule has 0 spiro atoms. The zero-order valence-electron chi connectivity index (χ0n) is 9.37. The van der Waals surface area contributed by atoms with Gasteiger partial charge in [0.2, 0.25) is 0 Å². The van der Waals surface area contributed by atoms with Gasteiger partial charge >= 0.3 is 0 Å². The summed E-state index contributed by atoms with van der Waals surface area (Å²) in [5.74, 6) is 0.724. The number of anilines is 1. The molecule has 0 saturated carbocycles. The summed E-state index contributed by atoms with van der Waals surface area (Å²) >= 11 is 5.01. The fourth-order valence-electron chi connectivity index (χ4n) is 1.90.